The highest BCUT2D eigenvalue weighted by molar-refractivity contribution is 9.10. The molecule has 1 fully saturated rings. The number of imide groups is 1. The number of benzene rings is 2. The molecule has 6 nitrogen and oxygen atoms in total. The summed E-state index contributed by atoms with van der Waals surface area (Å²) in [6.45, 7) is 0.206. The number of carbonyl (C=O) groups excluding carboxylic acids is 2. The van der Waals surface area contributed by atoms with Gasteiger partial charge in [0, 0.05) is 4.47 Å². The molecule has 8 heteroatoms. The quantitative estimate of drug-likeness (QED) is 0.681. The Hall–Kier alpha value is -2.45. The van der Waals surface area contributed by atoms with Crippen LogP contribution in [-0.4, -0.2) is 35.4 Å². The zero-order chi connectivity index (χ0) is 19.6. The van der Waals surface area contributed by atoms with Crippen LogP contribution in [0.25, 0.3) is 6.08 Å². The minimum absolute atomic E-state index is 0.125. The summed E-state index contributed by atoms with van der Waals surface area (Å²) in [6, 6.07) is 10.6. The Morgan fingerprint density at radius 3 is 2.26 bits per heavy atom. The molecule has 0 aromatic heterocycles. The Kier molecular flexibility index (Phi) is 5.76. The van der Waals surface area contributed by atoms with E-state index in [9.17, 15) is 14.7 Å². The molecule has 27 heavy (non-hydrogen) atoms. The number of thioether (sulfide) groups is 1. The van der Waals surface area contributed by atoms with Crippen LogP contribution in [0, 0.1) is 0 Å². The lowest BCUT2D eigenvalue weighted by atomic mass is 10.1. The molecule has 0 spiro atoms. The van der Waals surface area contributed by atoms with Crippen molar-refractivity contribution in [2.45, 2.75) is 6.54 Å². The fourth-order valence-electron chi connectivity index (χ4n) is 2.56. The van der Waals surface area contributed by atoms with Gasteiger partial charge in [0.05, 0.1) is 25.7 Å². The molecule has 140 valence electrons. The van der Waals surface area contributed by atoms with Crippen LogP contribution in [0.2, 0.25) is 0 Å². The molecule has 0 aliphatic carbocycles. The second-order valence-electron chi connectivity index (χ2n) is 5.67. The van der Waals surface area contributed by atoms with Crippen molar-refractivity contribution in [3.05, 3.63) is 56.9 Å². The lowest BCUT2D eigenvalue weighted by Gasteiger charge is -2.12. The summed E-state index contributed by atoms with van der Waals surface area (Å²) in [7, 11) is 2.84. The van der Waals surface area contributed by atoms with Gasteiger partial charge >= 0.3 is 0 Å². The molecule has 0 radical (unpaired) electrons. The standard InChI is InChI=1S/C19H16BrNO5S/c1-25-14-7-12(8-15(26-2)17(14)22)9-16-18(23)21(19(24)27-16)10-11-3-5-13(20)6-4-11/h3-9,22H,10H2,1-2H3/b16-9-. The van der Waals surface area contributed by atoms with Gasteiger partial charge in [-0.1, -0.05) is 28.1 Å². The molecule has 2 aromatic carbocycles. The molecule has 2 aromatic rings. The first-order valence-corrected chi connectivity index (χ1v) is 9.48. The lowest BCUT2D eigenvalue weighted by Crippen LogP contribution is -2.27. The summed E-state index contributed by atoms with van der Waals surface area (Å²) >= 11 is 4.23. The van der Waals surface area contributed by atoms with Gasteiger partial charge in [-0.05, 0) is 53.2 Å². The van der Waals surface area contributed by atoms with Crippen LogP contribution in [0.1, 0.15) is 11.1 Å². The van der Waals surface area contributed by atoms with Crippen LogP contribution < -0.4 is 9.47 Å². The van der Waals surface area contributed by atoms with Gasteiger partial charge in [0.1, 0.15) is 0 Å². The summed E-state index contributed by atoms with van der Waals surface area (Å²) in [4.78, 5) is 26.4. The third kappa shape index (κ3) is 4.12. The molecular formula is C19H16BrNO5S. The first-order chi connectivity index (χ1) is 12.9. The van der Waals surface area contributed by atoms with E-state index in [1.54, 1.807) is 18.2 Å². The fraction of sp³-hybridized carbons (Fsp3) is 0.158. The van der Waals surface area contributed by atoms with E-state index >= 15 is 0 Å². The number of ether oxygens (including phenoxy) is 2. The number of amides is 2. The number of halogens is 1. The van der Waals surface area contributed by atoms with Gasteiger partial charge in [0.25, 0.3) is 11.1 Å². The van der Waals surface area contributed by atoms with Crippen LogP contribution in [0.3, 0.4) is 0 Å². The van der Waals surface area contributed by atoms with E-state index in [-0.39, 0.29) is 34.9 Å². The second-order valence-corrected chi connectivity index (χ2v) is 7.58. The highest BCUT2D eigenvalue weighted by Gasteiger charge is 2.35. The topological polar surface area (TPSA) is 76.1 Å². The van der Waals surface area contributed by atoms with E-state index in [2.05, 4.69) is 15.9 Å². The van der Waals surface area contributed by atoms with Crippen molar-refractivity contribution in [3.63, 3.8) is 0 Å². The van der Waals surface area contributed by atoms with E-state index in [0.717, 1.165) is 21.8 Å². The third-order valence-electron chi connectivity index (χ3n) is 3.93. The van der Waals surface area contributed by atoms with E-state index in [1.807, 2.05) is 24.3 Å². The second kappa shape index (κ2) is 8.06. The molecule has 2 amide bonds. The van der Waals surface area contributed by atoms with E-state index in [0.29, 0.717) is 10.5 Å². The van der Waals surface area contributed by atoms with Crippen LogP contribution in [-0.2, 0) is 11.3 Å². The van der Waals surface area contributed by atoms with E-state index in [4.69, 9.17) is 9.47 Å². The zero-order valence-electron chi connectivity index (χ0n) is 14.6. The van der Waals surface area contributed by atoms with E-state index < -0.39 is 0 Å². The van der Waals surface area contributed by atoms with Crippen LogP contribution in [0.5, 0.6) is 17.2 Å². The maximum atomic E-state index is 12.7. The Morgan fingerprint density at radius 1 is 1.11 bits per heavy atom. The first kappa shape index (κ1) is 19.3. The van der Waals surface area contributed by atoms with Crippen LogP contribution in [0.4, 0.5) is 4.79 Å². The van der Waals surface area contributed by atoms with Gasteiger partial charge in [-0.3, -0.25) is 14.5 Å². The minimum Gasteiger partial charge on any atom is -0.502 e. The third-order valence-corrected chi connectivity index (χ3v) is 5.36. The summed E-state index contributed by atoms with van der Waals surface area (Å²) in [6.07, 6.45) is 1.58. The number of phenolic OH excluding ortho intramolecular Hbond substituents is 1. The van der Waals surface area contributed by atoms with Crippen LogP contribution >= 0.6 is 27.7 Å². The molecule has 1 aliphatic rings. The van der Waals surface area contributed by atoms with Gasteiger partial charge in [-0.25, -0.2) is 0 Å². The Labute approximate surface area is 168 Å². The van der Waals surface area contributed by atoms with E-state index in [1.165, 1.54) is 19.1 Å². The number of hydrogen-bond acceptors (Lipinski definition) is 6. The summed E-state index contributed by atoms with van der Waals surface area (Å²) < 4.78 is 11.2. The van der Waals surface area contributed by atoms with Gasteiger partial charge in [0.2, 0.25) is 5.75 Å². The monoisotopic (exact) mass is 449 g/mol. The normalized spacial score (nSPS) is 15.5. The van der Waals surface area contributed by atoms with Crippen molar-refractivity contribution in [1.29, 1.82) is 0 Å². The summed E-state index contributed by atoms with van der Waals surface area (Å²) in [5.41, 5.74) is 1.44. The van der Waals surface area contributed by atoms with Gasteiger partial charge in [-0.2, -0.15) is 0 Å². The number of methoxy groups -OCH3 is 2. The average Bonchev–Trinajstić information content (AvgIpc) is 2.92. The first-order valence-electron chi connectivity index (χ1n) is 7.87. The number of carbonyl (C=O) groups is 2. The van der Waals surface area contributed by atoms with Gasteiger partial charge in [-0.15, -0.1) is 0 Å². The molecular weight excluding hydrogens is 434 g/mol. The number of hydrogen-bond donors (Lipinski definition) is 1. The molecule has 0 atom stereocenters. The molecule has 1 aliphatic heterocycles. The smallest absolute Gasteiger partial charge is 0.293 e. The SMILES string of the molecule is COc1cc(/C=C2\SC(=O)N(Cc3ccc(Br)cc3)C2=O)cc(OC)c1O. The van der Waals surface area contributed by atoms with Crippen molar-refractivity contribution >= 4 is 44.9 Å². The number of phenols is 1. The highest BCUT2D eigenvalue weighted by atomic mass is 79.9. The zero-order valence-corrected chi connectivity index (χ0v) is 17.0. The van der Waals surface area contributed by atoms with Crippen molar-refractivity contribution < 1.29 is 24.2 Å². The molecule has 0 bridgehead atoms. The lowest BCUT2D eigenvalue weighted by molar-refractivity contribution is -0.123. The minimum atomic E-state index is -0.362. The van der Waals surface area contributed by atoms with Gasteiger partial charge < -0.3 is 14.6 Å². The highest BCUT2D eigenvalue weighted by Crippen LogP contribution is 2.39. The number of rotatable bonds is 5. The average molecular weight is 450 g/mol. The molecule has 3 rings (SSSR count). The van der Waals surface area contributed by atoms with Crippen molar-refractivity contribution in [3.8, 4) is 17.2 Å². The number of nitrogens with zero attached hydrogens (tertiary/aromatic N) is 1. The fourth-order valence-corrected chi connectivity index (χ4v) is 3.66. The van der Waals surface area contributed by atoms with Gasteiger partial charge in [0.15, 0.2) is 11.5 Å². The van der Waals surface area contributed by atoms with Crippen molar-refractivity contribution in [2.75, 3.05) is 14.2 Å². The molecule has 0 saturated carbocycles. The Morgan fingerprint density at radius 2 is 1.70 bits per heavy atom. The maximum absolute atomic E-state index is 12.7. The largest absolute Gasteiger partial charge is 0.502 e. The van der Waals surface area contributed by atoms with Crippen LogP contribution in [0.15, 0.2) is 45.8 Å². The van der Waals surface area contributed by atoms with Crippen molar-refractivity contribution in [2.24, 2.45) is 0 Å². The predicted octanol–water partition coefficient (Wildman–Crippen LogP) is 4.41. The summed E-state index contributed by atoms with van der Waals surface area (Å²) in [5, 5.41) is 9.66. The predicted molar refractivity (Wildman–Crippen MR) is 107 cm³/mol. The van der Waals surface area contributed by atoms with Crippen molar-refractivity contribution in [1.82, 2.24) is 4.90 Å². The summed E-state index contributed by atoms with van der Waals surface area (Å²) in [5.74, 6) is -0.0520. The molecule has 1 heterocycles. The maximum Gasteiger partial charge on any atom is 0.293 e. The Balaban J connectivity index is 1.87. The molecule has 1 saturated heterocycles. The number of aromatic hydroxyl groups is 1. The molecule has 0 unspecified atom stereocenters. The molecule has 1 N–H and O–H groups in total. The Bertz CT molecular complexity index is 901.